The van der Waals surface area contributed by atoms with E-state index in [4.69, 9.17) is 10.5 Å². The molecular formula is C10H20N2O2. The molecule has 4 nitrogen and oxygen atoms in total. The molecule has 0 radical (unpaired) electrons. The second-order valence-electron chi connectivity index (χ2n) is 4.69. The average Bonchev–Trinajstić information content (AvgIpc) is 2.47. The van der Waals surface area contributed by atoms with Crippen molar-refractivity contribution in [2.75, 3.05) is 13.2 Å². The van der Waals surface area contributed by atoms with Crippen molar-refractivity contribution in [2.45, 2.75) is 45.3 Å². The number of nitrogens with two attached hydrogens (primary N) is 1. The van der Waals surface area contributed by atoms with Crippen LogP contribution >= 0.6 is 0 Å². The SMILES string of the molecule is CC(C)(C)OC(=O)[C@H]1CCCN1CN. The van der Waals surface area contributed by atoms with Gasteiger partial charge in [0, 0.05) is 13.2 Å². The van der Waals surface area contributed by atoms with Gasteiger partial charge in [-0.05, 0) is 33.6 Å². The lowest BCUT2D eigenvalue weighted by Gasteiger charge is -2.26. The molecule has 0 amide bonds. The van der Waals surface area contributed by atoms with Gasteiger partial charge >= 0.3 is 5.97 Å². The number of carbonyl (C=O) groups excluding carboxylic acids is 1. The van der Waals surface area contributed by atoms with Crippen molar-refractivity contribution in [3.8, 4) is 0 Å². The average molecular weight is 200 g/mol. The first-order valence-corrected chi connectivity index (χ1v) is 5.11. The van der Waals surface area contributed by atoms with Crippen molar-refractivity contribution in [3.63, 3.8) is 0 Å². The minimum atomic E-state index is -0.403. The van der Waals surface area contributed by atoms with E-state index in [2.05, 4.69) is 0 Å². The van der Waals surface area contributed by atoms with E-state index in [-0.39, 0.29) is 12.0 Å². The van der Waals surface area contributed by atoms with E-state index in [1.165, 1.54) is 0 Å². The highest BCUT2D eigenvalue weighted by Crippen LogP contribution is 2.19. The normalized spacial score (nSPS) is 23.9. The maximum absolute atomic E-state index is 11.7. The molecule has 0 aromatic carbocycles. The highest BCUT2D eigenvalue weighted by molar-refractivity contribution is 5.76. The molecule has 0 bridgehead atoms. The molecule has 0 aromatic heterocycles. The lowest BCUT2D eigenvalue weighted by molar-refractivity contribution is -0.160. The highest BCUT2D eigenvalue weighted by Gasteiger charge is 2.33. The van der Waals surface area contributed by atoms with E-state index >= 15 is 0 Å². The summed E-state index contributed by atoms with van der Waals surface area (Å²) in [6.07, 6.45) is 1.90. The molecule has 1 fully saturated rings. The van der Waals surface area contributed by atoms with E-state index in [0.717, 1.165) is 19.4 Å². The molecule has 0 spiro atoms. The first-order valence-electron chi connectivity index (χ1n) is 5.11. The number of esters is 1. The van der Waals surface area contributed by atoms with Crippen molar-refractivity contribution in [1.82, 2.24) is 4.90 Å². The number of rotatable bonds is 2. The van der Waals surface area contributed by atoms with Crippen LogP contribution in [0.1, 0.15) is 33.6 Å². The quantitative estimate of drug-likeness (QED) is 0.667. The summed E-state index contributed by atoms with van der Waals surface area (Å²) in [5.41, 5.74) is 5.14. The molecule has 82 valence electrons. The fourth-order valence-electron chi connectivity index (χ4n) is 1.68. The predicted molar refractivity (Wildman–Crippen MR) is 54.6 cm³/mol. The van der Waals surface area contributed by atoms with E-state index in [1.54, 1.807) is 0 Å². The monoisotopic (exact) mass is 200 g/mol. The summed E-state index contributed by atoms with van der Waals surface area (Å²) in [5.74, 6) is -0.138. The molecule has 14 heavy (non-hydrogen) atoms. The summed E-state index contributed by atoms with van der Waals surface area (Å²) < 4.78 is 5.32. The van der Waals surface area contributed by atoms with Gasteiger partial charge in [-0.25, -0.2) is 0 Å². The Kier molecular flexibility index (Phi) is 3.50. The molecule has 4 heteroatoms. The lowest BCUT2D eigenvalue weighted by Crippen LogP contribution is -2.42. The molecule has 0 aromatic rings. The summed E-state index contributed by atoms with van der Waals surface area (Å²) in [4.78, 5) is 13.7. The van der Waals surface area contributed by atoms with Gasteiger partial charge in [0.2, 0.25) is 0 Å². The van der Waals surface area contributed by atoms with E-state index in [0.29, 0.717) is 6.67 Å². The second-order valence-corrected chi connectivity index (χ2v) is 4.69. The molecular weight excluding hydrogens is 180 g/mol. The summed E-state index contributed by atoms with van der Waals surface area (Å²) in [7, 11) is 0. The van der Waals surface area contributed by atoms with Gasteiger partial charge < -0.3 is 10.5 Å². The van der Waals surface area contributed by atoms with Crippen molar-refractivity contribution in [2.24, 2.45) is 5.73 Å². The zero-order valence-corrected chi connectivity index (χ0v) is 9.25. The minimum Gasteiger partial charge on any atom is -0.459 e. The van der Waals surface area contributed by atoms with Crippen LogP contribution in [0.15, 0.2) is 0 Å². The zero-order valence-electron chi connectivity index (χ0n) is 9.25. The van der Waals surface area contributed by atoms with Crippen LogP contribution in [0.2, 0.25) is 0 Å². The smallest absolute Gasteiger partial charge is 0.323 e. The predicted octanol–water partition coefficient (Wildman–Crippen LogP) is 0.709. The number of hydrogen-bond donors (Lipinski definition) is 1. The van der Waals surface area contributed by atoms with Crippen molar-refractivity contribution < 1.29 is 9.53 Å². The number of hydrogen-bond acceptors (Lipinski definition) is 4. The van der Waals surface area contributed by atoms with E-state index in [1.807, 2.05) is 25.7 Å². The maximum atomic E-state index is 11.7. The van der Waals surface area contributed by atoms with Crippen LogP contribution in [-0.4, -0.2) is 35.7 Å². The Labute approximate surface area is 85.4 Å². The third-order valence-corrected chi connectivity index (χ3v) is 2.28. The van der Waals surface area contributed by atoms with Gasteiger partial charge in [0.1, 0.15) is 11.6 Å². The second kappa shape index (κ2) is 4.28. The Morgan fingerprint density at radius 1 is 1.57 bits per heavy atom. The van der Waals surface area contributed by atoms with Gasteiger partial charge in [0.15, 0.2) is 0 Å². The largest absolute Gasteiger partial charge is 0.459 e. The molecule has 1 aliphatic rings. The van der Waals surface area contributed by atoms with Crippen LogP contribution in [0, 0.1) is 0 Å². The number of ether oxygens (including phenoxy) is 1. The topological polar surface area (TPSA) is 55.6 Å². The third-order valence-electron chi connectivity index (χ3n) is 2.28. The number of carbonyl (C=O) groups is 1. The van der Waals surface area contributed by atoms with Crippen LogP contribution in [0.25, 0.3) is 0 Å². The Hall–Kier alpha value is -0.610. The zero-order chi connectivity index (χ0) is 10.8. The summed E-state index contributed by atoms with van der Waals surface area (Å²) in [5, 5.41) is 0. The Morgan fingerprint density at radius 2 is 2.21 bits per heavy atom. The molecule has 1 rings (SSSR count). The van der Waals surface area contributed by atoms with Crippen molar-refractivity contribution in [1.29, 1.82) is 0 Å². The van der Waals surface area contributed by atoms with Gasteiger partial charge in [-0.15, -0.1) is 0 Å². The van der Waals surface area contributed by atoms with Gasteiger partial charge in [0.05, 0.1) is 0 Å². The van der Waals surface area contributed by atoms with Crippen molar-refractivity contribution in [3.05, 3.63) is 0 Å². The summed E-state index contributed by atoms with van der Waals surface area (Å²) in [6.45, 7) is 6.98. The number of nitrogens with zero attached hydrogens (tertiary/aromatic N) is 1. The van der Waals surface area contributed by atoms with Gasteiger partial charge in [-0.3, -0.25) is 9.69 Å². The summed E-state index contributed by atoms with van der Waals surface area (Å²) >= 11 is 0. The van der Waals surface area contributed by atoms with Crippen molar-refractivity contribution >= 4 is 5.97 Å². The molecule has 1 aliphatic heterocycles. The Morgan fingerprint density at radius 3 is 2.71 bits per heavy atom. The van der Waals surface area contributed by atoms with E-state index < -0.39 is 5.60 Å². The van der Waals surface area contributed by atoms with Crippen LogP contribution in [0.4, 0.5) is 0 Å². The first kappa shape index (κ1) is 11.5. The lowest BCUT2D eigenvalue weighted by atomic mass is 10.1. The molecule has 1 heterocycles. The van der Waals surface area contributed by atoms with Crippen LogP contribution in [-0.2, 0) is 9.53 Å². The molecule has 1 saturated heterocycles. The van der Waals surface area contributed by atoms with Gasteiger partial charge in [-0.1, -0.05) is 0 Å². The maximum Gasteiger partial charge on any atom is 0.323 e. The fourth-order valence-corrected chi connectivity index (χ4v) is 1.68. The van der Waals surface area contributed by atoms with E-state index in [9.17, 15) is 4.79 Å². The van der Waals surface area contributed by atoms with Crippen LogP contribution < -0.4 is 5.73 Å². The molecule has 2 N–H and O–H groups in total. The van der Waals surface area contributed by atoms with Gasteiger partial charge in [-0.2, -0.15) is 0 Å². The summed E-state index contributed by atoms with van der Waals surface area (Å²) in [6, 6.07) is -0.126. The Bertz CT molecular complexity index is 211. The molecule has 0 unspecified atom stereocenters. The van der Waals surface area contributed by atoms with Crippen LogP contribution in [0.3, 0.4) is 0 Å². The molecule has 0 aliphatic carbocycles. The first-order chi connectivity index (χ1) is 6.44. The Balaban J connectivity index is 2.52. The molecule has 0 saturated carbocycles. The molecule has 1 atom stereocenters. The fraction of sp³-hybridized carbons (Fsp3) is 0.900. The highest BCUT2D eigenvalue weighted by atomic mass is 16.6. The third kappa shape index (κ3) is 2.96. The van der Waals surface area contributed by atoms with Crippen LogP contribution in [0.5, 0.6) is 0 Å². The standard InChI is InChI=1S/C10H20N2O2/c1-10(2,3)14-9(13)8-5-4-6-12(8)7-11/h8H,4-7,11H2,1-3H3/t8-/m1/s1. The minimum absolute atomic E-state index is 0.126. The van der Waals surface area contributed by atoms with Gasteiger partial charge in [0.25, 0.3) is 0 Å². The number of likely N-dealkylation sites (tertiary alicyclic amines) is 1.